The van der Waals surface area contributed by atoms with Crippen molar-refractivity contribution in [1.82, 2.24) is 0 Å². The predicted octanol–water partition coefficient (Wildman–Crippen LogP) is 3.45. The smallest absolute Gasteiger partial charge is 0.331 e. The lowest BCUT2D eigenvalue weighted by Gasteiger charge is -2.05. The molecule has 0 aliphatic rings. The summed E-state index contributed by atoms with van der Waals surface area (Å²) in [6, 6.07) is 18.1. The molecule has 96 valence electrons. The Morgan fingerprint density at radius 3 is 2.53 bits per heavy atom. The second-order valence-corrected chi connectivity index (χ2v) is 3.95. The van der Waals surface area contributed by atoms with Crippen LogP contribution in [0, 0.1) is 0 Å². The molecule has 2 rings (SSSR count). The van der Waals surface area contributed by atoms with E-state index < -0.39 is 0 Å². The van der Waals surface area contributed by atoms with Crippen molar-refractivity contribution in [3.05, 3.63) is 66.9 Å². The summed E-state index contributed by atoms with van der Waals surface area (Å²) in [4.78, 5) is 10.9. The molecule has 0 heterocycles. The predicted molar refractivity (Wildman–Crippen MR) is 76.7 cm³/mol. The van der Waals surface area contributed by atoms with Crippen LogP contribution in [0.15, 0.2) is 66.9 Å². The van der Waals surface area contributed by atoms with Crippen molar-refractivity contribution >= 4 is 11.7 Å². The summed E-state index contributed by atoms with van der Waals surface area (Å²) in [7, 11) is 1.35. The van der Waals surface area contributed by atoms with Gasteiger partial charge >= 0.3 is 5.97 Å². The van der Waals surface area contributed by atoms with Crippen LogP contribution in [-0.4, -0.2) is 13.1 Å². The lowest BCUT2D eigenvalue weighted by Crippen LogP contribution is -1.96. The topological polar surface area (TPSA) is 38.3 Å². The monoisotopic (exact) mass is 253 g/mol. The quantitative estimate of drug-likeness (QED) is 0.670. The molecule has 0 fully saturated rings. The van der Waals surface area contributed by atoms with E-state index in [9.17, 15) is 4.79 Å². The van der Waals surface area contributed by atoms with Crippen molar-refractivity contribution < 1.29 is 9.53 Å². The number of rotatable bonds is 4. The molecule has 19 heavy (non-hydrogen) atoms. The molecule has 2 aromatic carbocycles. The summed E-state index contributed by atoms with van der Waals surface area (Å²) >= 11 is 0. The van der Waals surface area contributed by atoms with E-state index in [0.717, 1.165) is 16.8 Å². The van der Waals surface area contributed by atoms with E-state index in [2.05, 4.69) is 22.2 Å². The zero-order valence-electron chi connectivity index (χ0n) is 10.7. The van der Waals surface area contributed by atoms with Crippen LogP contribution in [0.4, 0.5) is 5.69 Å². The van der Waals surface area contributed by atoms with Crippen molar-refractivity contribution in [2.24, 2.45) is 0 Å². The van der Waals surface area contributed by atoms with Crippen molar-refractivity contribution in [2.75, 3.05) is 12.4 Å². The maximum absolute atomic E-state index is 10.9. The number of nitrogens with one attached hydrogen (secondary N) is 1. The summed E-state index contributed by atoms with van der Waals surface area (Å²) in [5.74, 6) is -0.383. The van der Waals surface area contributed by atoms with Crippen molar-refractivity contribution in [2.45, 2.75) is 0 Å². The van der Waals surface area contributed by atoms with Gasteiger partial charge in [0.2, 0.25) is 0 Å². The number of methoxy groups -OCH3 is 1. The van der Waals surface area contributed by atoms with Crippen LogP contribution >= 0.6 is 0 Å². The summed E-state index contributed by atoms with van der Waals surface area (Å²) in [5.41, 5.74) is 3.20. The van der Waals surface area contributed by atoms with Gasteiger partial charge in [0.1, 0.15) is 0 Å². The normalized spacial score (nSPS) is 10.4. The fourth-order valence-electron chi connectivity index (χ4n) is 1.69. The van der Waals surface area contributed by atoms with Gasteiger partial charge in [0.15, 0.2) is 0 Å². The molecule has 3 heteroatoms. The number of hydrogen-bond donors (Lipinski definition) is 1. The molecule has 0 atom stereocenters. The Kier molecular flexibility index (Phi) is 4.34. The molecule has 1 N–H and O–H groups in total. The highest BCUT2D eigenvalue weighted by Gasteiger charge is 1.97. The summed E-state index contributed by atoms with van der Waals surface area (Å²) < 4.78 is 4.52. The molecule has 0 bridgehead atoms. The lowest BCUT2D eigenvalue weighted by atomic mass is 10.1. The average molecular weight is 253 g/mol. The van der Waals surface area contributed by atoms with Gasteiger partial charge in [-0.3, -0.25) is 0 Å². The number of hydrogen-bond acceptors (Lipinski definition) is 3. The van der Waals surface area contributed by atoms with E-state index in [4.69, 9.17) is 0 Å². The third kappa shape index (κ3) is 3.71. The van der Waals surface area contributed by atoms with Crippen LogP contribution in [0.2, 0.25) is 0 Å². The third-order valence-electron chi connectivity index (χ3n) is 2.64. The Hall–Kier alpha value is -2.55. The van der Waals surface area contributed by atoms with Crippen molar-refractivity contribution in [3.8, 4) is 11.1 Å². The Bertz CT molecular complexity index is 576. The van der Waals surface area contributed by atoms with E-state index in [0.29, 0.717) is 0 Å². The summed E-state index contributed by atoms with van der Waals surface area (Å²) in [6.07, 6.45) is 2.91. The summed E-state index contributed by atoms with van der Waals surface area (Å²) in [5, 5.41) is 3.04. The first-order chi connectivity index (χ1) is 9.29. The maximum Gasteiger partial charge on any atom is 0.331 e. The largest absolute Gasteiger partial charge is 0.466 e. The Morgan fingerprint density at radius 1 is 1.05 bits per heavy atom. The van der Waals surface area contributed by atoms with Gasteiger partial charge in [-0.1, -0.05) is 42.5 Å². The first-order valence-corrected chi connectivity index (χ1v) is 5.96. The zero-order chi connectivity index (χ0) is 13.5. The van der Waals surface area contributed by atoms with Crippen molar-refractivity contribution in [1.29, 1.82) is 0 Å². The van der Waals surface area contributed by atoms with Crippen LogP contribution in [0.3, 0.4) is 0 Å². The Morgan fingerprint density at radius 2 is 1.79 bits per heavy atom. The SMILES string of the molecule is COC(=O)/C=C\Nc1cccc(-c2ccccc2)c1. The van der Waals surface area contributed by atoms with Crippen molar-refractivity contribution in [3.63, 3.8) is 0 Å². The molecule has 0 aliphatic heterocycles. The minimum atomic E-state index is -0.383. The van der Waals surface area contributed by atoms with E-state index in [-0.39, 0.29) is 5.97 Å². The molecular formula is C16H15NO2. The number of anilines is 1. The average Bonchev–Trinajstić information content (AvgIpc) is 2.48. The summed E-state index contributed by atoms with van der Waals surface area (Å²) in [6.45, 7) is 0. The van der Waals surface area contributed by atoms with Gasteiger partial charge in [-0.25, -0.2) is 4.79 Å². The lowest BCUT2D eigenvalue weighted by molar-refractivity contribution is -0.134. The Balaban J connectivity index is 2.12. The van der Waals surface area contributed by atoms with Crippen LogP contribution in [-0.2, 0) is 9.53 Å². The molecule has 3 nitrogen and oxygen atoms in total. The first-order valence-electron chi connectivity index (χ1n) is 5.96. The number of ether oxygens (including phenoxy) is 1. The van der Waals surface area contributed by atoms with Gasteiger partial charge in [0.05, 0.1) is 7.11 Å². The van der Waals surface area contributed by atoms with Gasteiger partial charge in [-0.05, 0) is 23.3 Å². The number of benzene rings is 2. The molecule has 2 aromatic rings. The second-order valence-electron chi connectivity index (χ2n) is 3.95. The van der Waals surface area contributed by atoms with E-state index in [1.54, 1.807) is 6.20 Å². The van der Waals surface area contributed by atoms with Gasteiger partial charge < -0.3 is 10.1 Å². The molecule has 0 radical (unpaired) electrons. The highest BCUT2D eigenvalue weighted by molar-refractivity contribution is 5.82. The van der Waals surface area contributed by atoms with Gasteiger partial charge in [0.25, 0.3) is 0 Å². The van der Waals surface area contributed by atoms with Crippen LogP contribution in [0.25, 0.3) is 11.1 Å². The molecule has 0 amide bonds. The van der Waals surface area contributed by atoms with E-state index in [1.807, 2.05) is 42.5 Å². The minimum absolute atomic E-state index is 0.383. The Labute approximate surface area is 112 Å². The number of carbonyl (C=O) groups excluding carboxylic acids is 1. The molecular weight excluding hydrogens is 238 g/mol. The fourth-order valence-corrected chi connectivity index (χ4v) is 1.69. The van der Waals surface area contributed by atoms with E-state index >= 15 is 0 Å². The molecule has 0 spiro atoms. The molecule has 0 unspecified atom stereocenters. The standard InChI is InChI=1S/C16H15NO2/c1-19-16(18)10-11-17-15-9-5-8-14(12-15)13-6-3-2-4-7-13/h2-12,17H,1H3/b11-10-. The van der Waals surface area contributed by atoms with Crippen LogP contribution < -0.4 is 5.32 Å². The molecule has 0 aromatic heterocycles. The van der Waals surface area contributed by atoms with Crippen LogP contribution in [0.1, 0.15) is 0 Å². The molecule has 0 saturated carbocycles. The van der Waals surface area contributed by atoms with Gasteiger partial charge in [-0.15, -0.1) is 0 Å². The zero-order valence-corrected chi connectivity index (χ0v) is 10.7. The molecule has 0 saturated heterocycles. The van der Waals surface area contributed by atoms with Gasteiger partial charge in [0, 0.05) is 18.0 Å². The van der Waals surface area contributed by atoms with Gasteiger partial charge in [-0.2, -0.15) is 0 Å². The minimum Gasteiger partial charge on any atom is -0.466 e. The highest BCUT2D eigenvalue weighted by atomic mass is 16.5. The fraction of sp³-hybridized carbons (Fsp3) is 0.0625. The molecule has 0 aliphatic carbocycles. The van der Waals surface area contributed by atoms with Crippen LogP contribution in [0.5, 0.6) is 0 Å². The highest BCUT2D eigenvalue weighted by Crippen LogP contribution is 2.22. The third-order valence-corrected chi connectivity index (χ3v) is 2.64. The maximum atomic E-state index is 10.9. The first kappa shape index (κ1) is 12.9. The second kappa shape index (κ2) is 6.40. The number of esters is 1. The number of carbonyl (C=O) groups is 1. The van der Waals surface area contributed by atoms with E-state index in [1.165, 1.54) is 13.2 Å².